The van der Waals surface area contributed by atoms with Crippen molar-refractivity contribution in [2.24, 2.45) is 0 Å². The molecule has 5 nitrogen and oxygen atoms in total. The van der Waals surface area contributed by atoms with Crippen LogP contribution >= 0.6 is 22.9 Å². The van der Waals surface area contributed by atoms with Crippen molar-refractivity contribution < 1.29 is 14.3 Å². The Morgan fingerprint density at radius 1 is 1.13 bits per heavy atom. The zero-order valence-corrected chi connectivity index (χ0v) is 18.1. The van der Waals surface area contributed by atoms with Crippen molar-refractivity contribution in [2.75, 3.05) is 25.5 Å². The first-order valence-electron chi connectivity index (χ1n) is 9.60. The highest BCUT2D eigenvalue weighted by atomic mass is 35.5. The number of hydrogen-bond acceptors (Lipinski definition) is 5. The number of fused-ring (bicyclic) bond motifs is 1. The zero-order valence-electron chi connectivity index (χ0n) is 16.5. The molecular weight excluding hydrogens is 420 g/mol. The summed E-state index contributed by atoms with van der Waals surface area (Å²) in [5.41, 5.74) is 4.51. The minimum atomic E-state index is -0.483. The van der Waals surface area contributed by atoms with Crippen molar-refractivity contribution in [3.05, 3.63) is 75.6 Å². The van der Waals surface area contributed by atoms with E-state index >= 15 is 0 Å². The molecule has 0 saturated heterocycles. The van der Waals surface area contributed by atoms with Gasteiger partial charge in [-0.3, -0.25) is 9.69 Å². The van der Waals surface area contributed by atoms with Gasteiger partial charge in [0.1, 0.15) is 10.6 Å². The van der Waals surface area contributed by atoms with Gasteiger partial charge in [-0.25, -0.2) is 4.79 Å². The van der Waals surface area contributed by atoms with Gasteiger partial charge in [-0.2, -0.15) is 0 Å². The summed E-state index contributed by atoms with van der Waals surface area (Å²) >= 11 is 7.29. The van der Waals surface area contributed by atoms with Crippen LogP contribution in [-0.2, 0) is 22.5 Å². The van der Waals surface area contributed by atoms with Crippen LogP contribution in [0, 0.1) is 0 Å². The molecule has 7 heteroatoms. The van der Waals surface area contributed by atoms with E-state index in [1.54, 1.807) is 12.1 Å². The van der Waals surface area contributed by atoms with Crippen molar-refractivity contribution in [3.63, 3.8) is 0 Å². The molecule has 3 aromatic rings. The average Bonchev–Trinajstić information content (AvgIpc) is 3.17. The standard InChI is InChI=1S/C23H21ClN2O3S/c1-29-23(28)21-19(16-6-8-18(24)9-7-16)14-30-22(21)25-20(27)13-26-11-10-15-4-2-3-5-17(15)12-26/h2-9,14H,10-13H2,1H3,(H,25,27). The predicted octanol–water partition coefficient (Wildman–Crippen LogP) is 4.85. The molecule has 0 bridgehead atoms. The van der Waals surface area contributed by atoms with Crippen LogP contribution < -0.4 is 5.32 Å². The number of esters is 1. The molecule has 0 unspecified atom stereocenters. The van der Waals surface area contributed by atoms with Crippen LogP contribution in [0.15, 0.2) is 53.9 Å². The fourth-order valence-electron chi connectivity index (χ4n) is 3.65. The molecule has 1 amide bonds. The Labute approximate surface area is 184 Å². The minimum absolute atomic E-state index is 0.149. The lowest BCUT2D eigenvalue weighted by Crippen LogP contribution is -2.37. The Hall–Kier alpha value is -2.67. The summed E-state index contributed by atoms with van der Waals surface area (Å²) in [5.74, 6) is -0.632. The second kappa shape index (κ2) is 9.00. The SMILES string of the molecule is COC(=O)c1c(-c2ccc(Cl)cc2)csc1NC(=O)CN1CCc2ccccc2C1. The van der Waals surface area contributed by atoms with Crippen LogP contribution in [0.3, 0.4) is 0 Å². The number of ether oxygens (including phenoxy) is 1. The predicted molar refractivity (Wildman–Crippen MR) is 120 cm³/mol. The molecule has 30 heavy (non-hydrogen) atoms. The molecule has 0 saturated carbocycles. The monoisotopic (exact) mass is 440 g/mol. The molecule has 0 aliphatic carbocycles. The van der Waals surface area contributed by atoms with Gasteiger partial charge >= 0.3 is 5.97 Å². The second-order valence-electron chi connectivity index (χ2n) is 7.13. The fraction of sp³-hybridized carbons (Fsp3) is 0.217. The Kier molecular flexibility index (Phi) is 6.18. The summed E-state index contributed by atoms with van der Waals surface area (Å²) in [5, 5.41) is 5.87. The lowest BCUT2D eigenvalue weighted by atomic mass is 10.00. The molecule has 0 fully saturated rings. The summed E-state index contributed by atoms with van der Waals surface area (Å²) in [6, 6.07) is 15.5. The maximum absolute atomic E-state index is 12.7. The average molecular weight is 441 g/mol. The minimum Gasteiger partial charge on any atom is -0.465 e. The highest BCUT2D eigenvalue weighted by Gasteiger charge is 2.24. The van der Waals surface area contributed by atoms with Crippen LogP contribution in [0.4, 0.5) is 5.00 Å². The van der Waals surface area contributed by atoms with E-state index in [0.29, 0.717) is 21.2 Å². The number of carbonyl (C=O) groups excluding carboxylic acids is 2. The van der Waals surface area contributed by atoms with E-state index in [1.807, 2.05) is 29.6 Å². The maximum atomic E-state index is 12.7. The van der Waals surface area contributed by atoms with Gasteiger partial charge in [-0.15, -0.1) is 11.3 Å². The number of carbonyl (C=O) groups is 2. The molecule has 4 rings (SSSR count). The van der Waals surface area contributed by atoms with Crippen LogP contribution in [0.25, 0.3) is 11.1 Å². The molecule has 0 radical (unpaired) electrons. The van der Waals surface area contributed by atoms with E-state index in [-0.39, 0.29) is 12.5 Å². The summed E-state index contributed by atoms with van der Waals surface area (Å²) in [6.07, 6.45) is 0.927. The molecule has 1 aromatic heterocycles. The Balaban J connectivity index is 1.51. The highest BCUT2D eigenvalue weighted by Crippen LogP contribution is 2.36. The first kappa shape index (κ1) is 20.6. The Morgan fingerprint density at radius 3 is 2.60 bits per heavy atom. The van der Waals surface area contributed by atoms with Gasteiger partial charge in [-0.05, 0) is 35.2 Å². The van der Waals surface area contributed by atoms with Crippen LogP contribution in [-0.4, -0.2) is 37.0 Å². The van der Waals surface area contributed by atoms with Crippen molar-refractivity contribution in [2.45, 2.75) is 13.0 Å². The van der Waals surface area contributed by atoms with Gasteiger partial charge in [0.25, 0.3) is 0 Å². The number of anilines is 1. The number of nitrogens with one attached hydrogen (secondary N) is 1. The third-order valence-electron chi connectivity index (χ3n) is 5.17. The smallest absolute Gasteiger partial charge is 0.341 e. The van der Waals surface area contributed by atoms with Gasteiger partial charge in [-0.1, -0.05) is 48.0 Å². The summed E-state index contributed by atoms with van der Waals surface area (Å²) < 4.78 is 4.97. The molecule has 1 aliphatic rings. The number of amides is 1. The zero-order chi connectivity index (χ0) is 21.1. The number of nitrogens with zero attached hydrogens (tertiary/aromatic N) is 1. The quantitative estimate of drug-likeness (QED) is 0.576. The number of halogens is 1. The van der Waals surface area contributed by atoms with E-state index in [9.17, 15) is 9.59 Å². The molecule has 2 aromatic carbocycles. The van der Waals surface area contributed by atoms with Gasteiger partial charge in [0.05, 0.1) is 13.7 Å². The third kappa shape index (κ3) is 4.41. The van der Waals surface area contributed by atoms with E-state index in [2.05, 4.69) is 22.3 Å². The van der Waals surface area contributed by atoms with E-state index in [1.165, 1.54) is 29.6 Å². The van der Waals surface area contributed by atoms with Crippen LogP contribution in [0.1, 0.15) is 21.5 Å². The van der Waals surface area contributed by atoms with E-state index in [0.717, 1.165) is 25.1 Å². The van der Waals surface area contributed by atoms with Crippen molar-refractivity contribution in [3.8, 4) is 11.1 Å². The molecule has 2 heterocycles. The molecule has 1 aliphatic heterocycles. The van der Waals surface area contributed by atoms with Gasteiger partial charge in [0.2, 0.25) is 5.91 Å². The van der Waals surface area contributed by atoms with Crippen molar-refractivity contribution in [1.29, 1.82) is 0 Å². The van der Waals surface area contributed by atoms with Gasteiger partial charge in [0, 0.05) is 29.1 Å². The normalized spacial score (nSPS) is 13.5. The first-order chi connectivity index (χ1) is 14.5. The van der Waals surface area contributed by atoms with Gasteiger partial charge < -0.3 is 10.1 Å². The summed E-state index contributed by atoms with van der Waals surface area (Å²) in [6.45, 7) is 1.84. The number of hydrogen-bond donors (Lipinski definition) is 1. The van der Waals surface area contributed by atoms with Gasteiger partial charge in [0.15, 0.2) is 0 Å². The molecule has 1 N–H and O–H groups in total. The Bertz CT molecular complexity index is 1080. The molecule has 154 valence electrons. The fourth-order valence-corrected chi connectivity index (χ4v) is 4.75. The number of thiophene rings is 1. The number of benzene rings is 2. The molecular formula is C23H21ClN2O3S. The Morgan fingerprint density at radius 2 is 1.87 bits per heavy atom. The summed E-state index contributed by atoms with van der Waals surface area (Å²) in [4.78, 5) is 27.3. The topological polar surface area (TPSA) is 58.6 Å². The summed E-state index contributed by atoms with van der Waals surface area (Å²) in [7, 11) is 1.34. The maximum Gasteiger partial charge on any atom is 0.341 e. The highest BCUT2D eigenvalue weighted by molar-refractivity contribution is 7.15. The lowest BCUT2D eigenvalue weighted by Gasteiger charge is -2.28. The first-order valence-corrected chi connectivity index (χ1v) is 10.9. The lowest BCUT2D eigenvalue weighted by molar-refractivity contribution is -0.117. The third-order valence-corrected chi connectivity index (χ3v) is 6.31. The largest absolute Gasteiger partial charge is 0.465 e. The van der Waals surface area contributed by atoms with E-state index < -0.39 is 5.97 Å². The number of rotatable bonds is 5. The second-order valence-corrected chi connectivity index (χ2v) is 8.45. The molecule has 0 atom stereocenters. The van der Waals surface area contributed by atoms with Crippen LogP contribution in [0.5, 0.6) is 0 Å². The van der Waals surface area contributed by atoms with E-state index in [4.69, 9.17) is 16.3 Å². The van der Waals surface area contributed by atoms with Crippen LogP contribution in [0.2, 0.25) is 5.02 Å². The molecule has 0 spiro atoms. The number of methoxy groups -OCH3 is 1. The van der Waals surface area contributed by atoms with Crippen molar-refractivity contribution in [1.82, 2.24) is 4.90 Å². The van der Waals surface area contributed by atoms with Crippen molar-refractivity contribution >= 4 is 39.8 Å².